The molecule has 0 unspecified atom stereocenters. The van der Waals surface area contributed by atoms with Crippen molar-refractivity contribution in [2.75, 3.05) is 7.11 Å². The number of aromatic amines is 1. The van der Waals surface area contributed by atoms with Crippen LogP contribution in [0.4, 0.5) is 0 Å². The highest BCUT2D eigenvalue weighted by molar-refractivity contribution is 5.57. The second kappa shape index (κ2) is 3.95. The molecule has 16 heavy (non-hydrogen) atoms. The zero-order valence-corrected chi connectivity index (χ0v) is 8.60. The van der Waals surface area contributed by atoms with Gasteiger partial charge in [-0.25, -0.2) is 4.79 Å². The van der Waals surface area contributed by atoms with Gasteiger partial charge in [-0.1, -0.05) is 6.07 Å². The first kappa shape index (κ1) is 10.1. The summed E-state index contributed by atoms with van der Waals surface area (Å²) >= 11 is 0. The number of nitrogens with one attached hydrogen (secondary N) is 1. The van der Waals surface area contributed by atoms with E-state index >= 15 is 0 Å². The molecule has 5 heteroatoms. The highest BCUT2D eigenvalue weighted by Crippen LogP contribution is 2.24. The third-order valence-corrected chi connectivity index (χ3v) is 2.23. The number of aromatic nitrogens is 2. The Bertz CT molecular complexity index is 604. The van der Waals surface area contributed by atoms with Crippen molar-refractivity contribution in [3.63, 3.8) is 0 Å². The summed E-state index contributed by atoms with van der Waals surface area (Å²) in [5.41, 5.74) is 0.542. The number of benzene rings is 1. The maximum atomic E-state index is 11.5. The normalized spacial score (nSPS) is 9.75. The standard InChI is InChI=1S/C11H9N3O2/c1-16-9-4-2-3-8(7-12)10(9)14-6-5-13-11(14)15/h2-6H,1H3,(H,13,15). The van der Waals surface area contributed by atoms with Gasteiger partial charge in [-0.2, -0.15) is 5.26 Å². The third-order valence-electron chi connectivity index (χ3n) is 2.23. The number of nitriles is 1. The molecule has 0 aliphatic rings. The number of nitrogens with zero attached hydrogens (tertiary/aromatic N) is 2. The van der Waals surface area contributed by atoms with Crippen LogP contribution in [0.15, 0.2) is 35.4 Å². The molecule has 5 nitrogen and oxygen atoms in total. The summed E-state index contributed by atoms with van der Waals surface area (Å²) in [7, 11) is 1.50. The minimum atomic E-state index is -0.305. The molecule has 0 aliphatic carbocycles. The number of imidazole rings is 1. The average molecular weight is 215 g/mol. The average Bonchev–Trinajstić information content (AvgIpc) is 2.74. The van der Waals surface area contributed by atoms with E-state index in [0.717, 1.165) is 0 Å². The molecule has 1 aromatic carbocycles. The monoisotopic (exact) mass is 215 g/mol. The molecule has 0 aliphatic heterocycles. The van der Waals surface area contributed by atoms with Gasteiger partial charge in [0.15, 0.2) is 0 Å². The second-order valence-electron chi connectivity index (χ2n) is 3.10. The zero-order chi connectivity index (χ0) is 11.5. The van der Waals surface area contributed by atoms with Crippen molar-refractivity contribution in [1.82, 2.24) is 9.55 Å². The van der Waals surface area contributed by atoms with Gasteiger partial charge in [0.25, 0.3) is 0 Å². The Kier molecular flexibility index (Phi) is 2.48. The van der Waals surface area contributed by atoms with E-state index in [-0.39, 0.29) is 5.69 Å². The molecule has 0 radical (unpaired) electrons. The first-order valence-corrected chi connectivity index (χ1v) is 4.61. The van der Waals surface area contributed by atoms with Crippen molar-refractivity contribution in [1.29, 1.82) is 5.26 Å². The van der Waals surface area contributed by atoms with E-state index in [0.29, 0.717) is 17.0 Å². The highest BCUT2D eigenvalue weighted by Gasteiger charge is 2.12. The molecule has 0 spiro atoms. The predicted molar refractivity (Wildman–Crippen MR) is 57.7 cm³/mol. The summed E-state index contributed by atoms with van der Waals surface area (Å²) in [6.07, 6.45) is 3.07. The molecule has 0 fully saturated rings. The lowest BCUT2D eigenvalue weighted by atomic mass is 10.2. The van der Waals surface area contributed by atoms with Gasteiger partial charge in [-0.15, -0.1) is 0 Å². The number of hydrogen-bond donors (Lipinski definition) is 1. The number of methoxy groups -OCH3 is 1. The zero-order valence-electron chi connectivity index (χ0n) is 8.60. The van der Waals surface area contributed by atoms with Crippen LogP contribution < -0.4 is 10.4 Å². The Morgan fingerprint density at radius 1 is 1.50 bits per heavy atom. The topological polar surface area (TPSA) is 70.8 Å². The summed E-state index contributed by atoms with van der Waals surface area (Å²) in [6, 6.07) is 7.08. The third kappa shape index (κ3) is 1.46. The van der Waals surface area contributed by atoms with Gasteiger partial charge in [0.1, 0.15) is 17.5 Å². The van der Waals surface area contributed by atoms with E-state index in [1.165, 1.54) is 17.9 Å². The molecule has 2 rings (SSSR count). The Morgan fingerprint density at radius 2 is 2.31 bits per heavy atom. The number of rotatable bonds is 2. The fourth-order valence-electron chi connectivity index (χ4n) is 1.52. The summed E-state index contributed by atoms with van der Waals surface area (Å²) in [5, 5.41) is 9.00. The Balaban J connectivity index is 2.77. The van der Waals surface area contributed by atoms with Crippen LogP contribution in [0.3, 0.4) is 0 Å². The molecule has 0 saturated heterocycles. The van der Waals surface area contributed by atoms with Crippen molar-refractivity contribution in [3.05, 3.63) is 46.6 Å². The lowest BCUT2D eigenvalue weighted by Gasteiger charge is -2.09. The van der Waals surface area contributed by atoms with E-state index in [1.807, 2.05) is 6.07 Å². The SMILES string of the molecule is COc1cccc(C#N)c1-n1cc[nH]c1=O. The molecule has 80 valence electrons. The molecule has 0 bridgehead atoms. The van der Waals surface area contributed by atoms with Gasteiger partial charge in [0.05, 0.1) is 12.7 Å². The summed E-state index contributed by atoms with van der Waals surface area (Å²) in [6.45, 7) is 0. The molecule has 1 N–H and O–H groups in total. The van der Waals surface area contributed by atoms with Gasteiger partial charge < -0.3 is 9.72 Å². The maximum Gasteiger partial charge on any atom is 0.330 e. The summed E-state index contributed by atoms with van der Waals surface area (Å²) in [5.74, 6) is 0.487. The van der Waals surface area contributed by atoms with Gasteiger partial charge in [-0.05, 0) is 12.1 Å². The molecule has 1 heterocycles. The smallest absolute Gasteiger partial charge is 0.330 e. The van der Waals surface area contributed by atoms with Crippen LogP contribution in [0.1, 0.15) is 5.56 Å². The van der Waals surface area contributed by atoms with Gasteiger partial charge >= 0.3 is 5.69 Å². The quantitative estimate of drug-likeness (QED) is 0.813. The fraction of sp³-hybridized carbons (Fsp3) is 0.0909. The molecule has 0 atom stereocenters. The minimum Gasteiger partial charge on any atom is -0.495 e. The molecular formula is C11H9N3O2. The second-order valence-corrected chi connectivity index (χ2v) is 3.10. The predicted octanol–water partition coefficient (Wildman–Crippen LogP) is 1.05. The molecule has 1 aromatic heterocycles. The number of hydrogen-bond acceptors (Lipinski definition) is 3. The van der Waals surface area contributed by atoms with Crippen LogP contribution in [0.25, 0.3) is 5.69 Å². The first-order chi connectivity index (χ1) is 7.77. The lowest BCUT2D eigenvalue weighted by Crippen LogP contribution is -2.16. The van der Waals surface area contributed by atoms with Crippen molar-refractivity contribution >= 4 is 0 Å². The van der Waals surface area contributed by atoms with Crippen LogP contribution in [0.5, 0.6) is 5.75 Å². The van der Waals surface area contributed by atoms with Gasteiger partial charge in [0, 0.05) is 12.4 Å². The van der Waals surface area contributed by atoms with Gasteiger partial charge in [0.2, 0.25) is 0 Å². The van der Waals surface area contributed by atoms with E-state index in [9.17, 15) is 4.79 Å². The largest absolute Gasteiger partial charge is 0.495 e. The van der Waals surface area contributed by atoms with Crippen LogP contribution in [-0.4, -0.2) is 16.7 Å². The maximum absolute atomic E-state index is 11.5. The Morgan fingerprint density at radius 3 is 2.88 bits per heavy atom. The van der Waals surface area contributed by atoms with Crippen LogP contribution >= 0.6 is 0 Å². The Hall–Kier alpha value is -2.48. The van der Waals surface area contributed by atoms with Crippen LogP contribution in [0.2, 0.25) is 0 Å². The van der Waals surface area contributed by atoms with Gasteiger partial charge in [-0.3, -0.25) is 4.57 Å². The van der Waals surface area contributed by atoms with E-state index in [1.54, 1.807) is 24.4 Å². The minimum absolute atomic E-state index is 0.305. The molecule has 2 aromatic rings. The molecule has 0 amide bonds. The fourth-order valence-corrected chi connectivity index (χ4v) is 1.52. The van der Waals surface area contributed by atoms with Crippen molar-refractivity contribution in [2.24, 2.45) is 0 Å². The highest BCUT2D eigenvalue weighted by atomic mass is 16.5. The first-order valence-electron chi connectivity index (χ1n) is 4.61. The van der Waals surface area contributed by atoms with E-state index in [2.05, 4.69) is 4.98 Å². The van der Waals surface area contributed by atoms with Crippen molar-refractivity contribution < 1.29 is 4.74 Å². The van der Waals surface area contributed by atoms with Crippen LogP contribution in [-0.2, 0) is 0 Å². The number of ether oxygens (including phenoxy) is 1. The lowest BCUT2D eigenvalue weighted by molar-refractivity contribution is 0.412. The summed E-state index contributed by atoms with van der Waals surface area (Å²) in [4.78, 5) is 14.0. The number of para-hydroxylation sites is 1. The Labute approximate surface area is 91.5 Å². The summed E-state index contributed by atoms with van der Waals surface area (Å²) < 4.78 is 6.49. The van der Waals surface area contributed by atoms with E-state index in [4.69, 9.17) is 10.00 Å². The molecule has 0 saturated carbocycles. The van der Waals surface area contributed by atoms with Crippen molar-refractivity contribution in [3.8, 4) is 17.5 Å². The molecular weight excluding hydrogens is 206 g/mol. The van der Waals surface area contributed by atoms with Crippen molar-refractivity contribution in [2.45, 2.75) is 0 Å². The van der Waals surface area contributed by atoms with Crippen LogP contribution in [0, 0.1) is 11.3 Å². The van der Waals surface area contributed by atoms with E-state index < -0.39 is 0 Å². The number of H-pyrrole nitrogens is 1.